The number of rotatable bonds is 6. The highest BCUT2D eigenvalue weighted by atomic mass is 16.2. The zero-order chi connectivity index (χ0) is 15.3. The van der Waals surface area contributed by atoms with Crippen molar-refractivity contribution in [2.45, 2.75) is 32.9 Å². The largest absolute Gasteiger partial charge is 0.333 e. The first-order valence-electron chi connectivity index (χ1n) is 7.12. The minimum atomic E-state index is -0.588. The van der Waals surface area contributed by atoms with Gasteiger partial charge in [0.1, 0.15) is 0 Å². The van der Waals surface area contributed by atoms with Gasteiger partial charge >= 0.3 is 0 Å². The van der Waals surface area contributed by atoms with Crippen LogP contribution in [0.5, 0.6) is 0 Å². The van der Waals surface area contributed by atoms with Crippen molar-refractivity contribution in [2.24, 2.45) is 0 Å². The summed E-state index contributed by atoms with van der Waals surface area (Å²) in [6.45, 7) is 7.23. The lowest BCUT2D eigenvalue weighted by Gasteiger charge is -2.24. The number of benzene rings is 1. The Morgan fingerprint density at radius 3 is 2.86 bits per heavy atom. The number of likely N-dealkylation sites (N-methyl/N-ethyl adjacent to an activating group) is 1. The summed E-state index contributed by atoms with van der Waals surface area (Å²) in [7, 11) is 0. The molecule has 0 bridgehead atoms. The normalized spacial score (nSPS) is 11.4. The molecule has 0 aliphatic carbocycles. The predicted molar refractivity (Wildman–Crippen MR) is 84.2 cm³/mol. The molecule has 0 saturated heterocycles. The van der Waals surface area contributed by atoms with Crippen molar-refractivity contribution in [1.82, 2.24) is 14.9 Å². The van der Waals surface area contributed by atoms with E-state index in [2.05, 4.69) is 15.6 Å². The Balaban J connectivity index is 2.06. The molecule has 5 heteroatoms. The lowest BCUT2D eigenvalue weighted by atomic mass is 10.0. The molecule has 0 unspecified atom stereocenters. The molecule has 1 aromatic heterocycles. The Labute approximate surface area is 125 Å². The monoisotopic (exact) mass is 286 g/mol. The molecule has 5 nitrogen and oxygen atoms in total. The third kappa shape index (κ3) is 4.16. The standard InChI is InChI=1S/C16H22N4O/c1-4-18-16(2,3)15(21)19-14-7-5-6-13(10-14)11-20-9-8-17-12-20/h5-10,12,18H,4,11H2,1-3H3,(H,19,21). The van der Waals surface area contributed by atoms with Crippen LogP contribution in [0, 0.1) is 0 Å². The van der Waals surface area contributed by atoms with Crippen LogP contribution >= 0.6 is 0 Å². The van der Waals surface area contributed by atoms with Crippen LogP contribution in [0.3, 0.4) is 0 Å². The molecule has 112 valence electrons. The van der Waals surface area contributed by atoms with E-state index >= 15 is 0 Å². The topological polar surface area (TPSA) is 59.0 Å². The zero-order valence-corrected chi connectivity index (χ0v) is 12.8. The molecule has 2 N–H and O–H groups in total. The highest BCUT2D eigenvalue weighted by Crippen LogP contribution is 2.14. The average molecular weight is 286 g/mol. The van der Waals surface area contributed by atoms with Crippen molar-refractivity contribution in [3.05, 3.63) is 48.5 Å². The summed E-state index contributed by atoms with van der Waals surface area (Å²) in [4.78, 5) is 16.3. The van der Waals surface area contributed by atoms with Crippen LogP contribution in [-0.4, -0.2) is 27.5 Å². The zero-order valence-electron chi connectivity index (χ0n) is 12.8. The van der Waals surface area contributed by atoms with E-state index in [1.54, 1.807) is 12.5 Å². The minimum absolute atomic E-state index is 0.0378. The van der Waals surface area contributed by atoms with E-state index in [1.807, 2.05) is 55.8 Å². The second-order valence-corrected chi connectivity index (χ2v) is 5.54. The number of imidazole rings is 1. The maximum absolute atomic E-state index is 12.3. The van der Waals surface area contributed by atoms with Gasteiger partial charge in [-0.05, 0) is 38.1 Å². The number of carbonyl (C=O) groups is 1. The average Bonchev–Trinajstić information content (AvgIpc) is 2.92. The quantitative estimate of drug-likeness (QED) is 0.856. The lowest BCUT2D eigenvalue weighted by molar-refractivity contribution is -0.121. The number of carbonyl (C=O) groups excluding carboxylic acids is 1. The molecule has 0 aliphatic heterocycles. The fourth-order valence-corrected chi connectivity index (χ4v) is 2.15. The van der Waals surface area contributed by atoms with Crippen LogP contribution in [-0.2, 0) is 11.3 Å². The molecule has 2 aromatic rings. The maximum Gasteiger partial charge on any atom is 0.244 e. The Hall–Kier alpha value is -2.14. The van der Waals surface area contributed by atoms with Gasteiger partial charge in [0.25, 0.3) is 0 Å². The van der Waals surface area contributed by atoms with Crippen molar-refractivity contribution >= 4 is 11.6 Å². The van der Waals surface area contributed by atoms with Crippen molar-refractivity contribution in [2.75, 3.05) is 11.9 Å². The molecule has 1 heterocycles. The molecule has 21 heavy (non-hydrogen) atoms. The van der Waals surface area contributed by atoms with Gasteiger partial charge in [-0.2, -0.15) is 0 Å². The van der Waals surface area contributed by atoms with Gasteiger partial charge in [-0.15, -0.1) is 0 Å². The molecule has 0 atom stereocenters. The first kappa shape index (κ1) is 15.3. The van der Waals surface area contributed by atoms with Crippen LogP contribution in [0.4, 0.5) is 5.69 Å². The van der Waals surface area contributed by atoms with Gasteiger partial charge in [-0.25, -0.2) is 4.98 Å². The second-order valence-electron chi connectivity index (χ2n) is 5.54. The molecule has 1 amide bonds. The molecule has 2 rings (SSSR count). The van der Waals surface area contributed by atoms with Gasteiger partial charge in [0.2, 0.25) is 5.91 Å². The van der Waals surface area contributed by atoms with Gasteiger partial charge in [0, 0.05) is 24.6 Å². The molecule has 1 aromatic carbocycles. The number of nitrogens with one attached hydrogen (secondary N) is 2. The van der Waals surface area contributed by atoms with E-state index in [-0.39, 0.29) is 5.91 Å². The summed E-state index contributed by atoms with van der Waals surface area (Å²) in [5, 5.41) is 6.13. The molecule has 0 radical (unpaired) electrons. The van der Waals surface area contributed by atoms with Crippen molar-refractivity contribution in [1.29, 1.82) is 0 Å². The highest BCUT2D eigenvalue weighted by molar-refractivity contribution is 5.97. The van der Waals surface area contributed by atoms with Crippen molar-refractivity contribution in [3.63, 3.8) is 0 Å². The van der Waals surface area contributed by atoms with E-state index < -0.39 is 5.54 Å². The number of amides is 1. The number of aromatic nitrogens is 2. The number of hydrogen-bond donors (Lipinski definition) is 2. The van der Waals surface area contributed by atoms with E-state index in [1.165, 1.54) is 0 Å². The third-order valence-corrected chi connectivity index (χ3v) is 3.30. The second kappa shape index (κ2) is 6.54. The van der Waals surface area contributed by atoms with Crippen molar-refractivity contribution in [3.8, 4) is 0 Å². The van der Waals surface area contributed by atoms with Gasteiger partial charge in [0.15, 0.2) is 0 Å². The van der Waals surface area contributed by atoms with Gasteiger partial charge in [-0.3, -0.25) is 4.79 Å². The maximum atomic E-state index is 12.3. The van der Waals surface area contributed by atoms with Gasteiger partial charge < -0.3 is 15.2 Å². The molecule has 0 aliphatic rings. The highest BCUT2D eigenvalue weighted by Gasteiger charge is 2.26. The van der Waals surface area contributed by atoms with Gasteiger partial charge in [-0.1, -0.05) is 19.1 Å². The molecular formula is C16H22N4O. The fourth-order valence-electron chi connectivity index (χ4n) is 2.15. The molecule has 0 saturated carbocycles. The summed E-state index contributed by atoms with van der Waals surface area (Å²) in [6.07, 6.45) is 5.45. The van der Waals surface area contributed by atoms with Crippen LogP contribution in [0.15, 0.2) is 43.0 Å². The van der Waals surface area contributed by atoms with E-state index in [0.717, 1.165) is 24.3 Å². The molecule has 0 fully saturated rings. The molecular weight excluding hydrogens is 264 g/mol. The summed E-state index contributed by atoms with van der Waals surface area (Å²) < 4.78 is 1.99. The fraction of sp³-hybridized carbons (Fsp3) is 0.375. The first-order chi connectivity index (χ1) is 10.0. The molecule has 0 spiro atoms. The van der Waals surface area contributed by atoms with Crippen LogP contribution in [0.25, 0.3) is 0 Å². The Kier molecular flexibility index (Phi) is 4.75. The van der Waals surface area contributed by atoms with E-state index in [0.29, 0.717) is 0 Å². The summed E-state index contributed by atoms with van der Waals surface area (Å²) in [6, 6.07) is 7.87. The third-order valence-electron chi connectivity index (χ3n) is 3.30. The predicted octanol–water partition coefficient (Wildman–Crippen LogP) is 2.26. The first-order valence-corrected chi connectivity index (χ1v) is 7.12. The Morgan fingerprint density at radius 2 is 2.19 bits per heavy atom. The van der Waals surface area contributed by atoms with Crippen LogP contribution in [0.2, 0.25) is 0 Å². The van der Waals surface area contributed by atoms with Crippen LogP contribution in [0.1, 0.15) is 26.3 Å². The van der Waals surface area contributed by atoms with E-state index in [9.17, 15) is 4.79 Å². The smallest absolute Gasteiger partial charge is 0.244 e. The van der Waals surface area contributed by atoms with Gasteiger partial charge in [0.05, 0.1) is 11.9 Å². The summed E-state index contributed by atoms with van der Waals surface area (Å²) >= 11 is 0. The Bertz CT molecular complexity index is 590. The number of hydrogen-bond acceptors (Lipinski definition) is 3. The lowest BCUT2D eigenvalue weighted by Crippen LogP contribution is -2.49. The van der Waals surface area contributed by atoms with Crippen LogP contribution < -0.4 is 10.6 Å². The number of nitrogens with zero attached hydrogens (tertiary/aromatic N) is 2. The number of anilines is 1. The summed E-state index contributed by atoms with van der Waals surface area (Å²) in [5.74, 6) is -0.0378. The van der Waals surface area contributed by atoms with Crippen molar-refractivity contribution < 1.29 is 4.79 Å². The minimum Gasteiger partial charge on any atom is -0.333 e. The summed E-state index contributed by atoms with van der Waals surface area (Å²) in [5.41, 5.74) is 1.34. The Morgan fingerprint density at radius 1 is 1.38 bits per heavy atom. The van der Waals surface area contributed by atoms with E-state index in [4.69, 9.17) is 0 Å². The SMILES string of the molecule is CCNC(C)(C)C(=O)Nc1cccc(Cn2ccnc2)c1.